The van der Waals surface area contributed by atoms with Gasteiger partial charge in [0, 0.05) is 17.2 Å². The molecule has 0 aromatic carbocycles. The molecule has 0 amide bonds. The Morgan fingerprint density at radius 3 is 2.95 bits per heavy atom. The Labute approximate surface area is 125 Å². The topological polar surface area (TPSA) is 47.8 Å². The van der Waals surface area contributed by atoms with E-state index in [9.17, 15) is 4.79 Å². The molecule has 104 valence electrons. The van der Waals surface area contributed by atoms with Gasteiger partial charge in [-0.15, -0.1) is 0 Å². The number of hydrogen-bond acceptors (Lipinski definition) is 3. The monoisotopic (exact) mass is 333 g/mol. The molecule has 0 saturated heterocycles. The lowest BCUT2D eigenvalue weighted by molar-refractivity contribution is 0.417. The van der Waals surface area contributed by atoms with Crippen molar-refractivity contribution < 1.29 is 0 Å². The zero-order chi connectivity index (χ0) is 13.7. The van der Waals surface area contributed by atoms with Crippen molar-refractivity contribution in [1.29, 1.82) is 0 Å². The van der Waals surface area contributed by atoms with Crippen LogP contribution >= 0.6 is 15.9 Å². The number of hydrogen-bond donors (Lipinski definition) is 0. The fourth-order valence-corrected chi connectivity index (χ4v) is 3.85. The summed E-state index contributed by atoms with van der Waals surface area (Å²) in [5, 5.41) is 0. The number of fused-ring (bicyclic) bond motifs is 1. The van der Waals surface area contributed by atoms with E-state index < -0.39 is 0 Å². The van der Waals surface area contributed by atoms with E-state index in [1.807, 2.05) is 6.07 Å². The standard InChI is InChI=1S/C15H16BrN3O/c16-11-5-12-13(17-7-11)14(20)19(9-18-12)8-10-1-2-15(6-10)3-4-15/h5,7,9-10H,1-4,6,8H2. The highest BCUT2D eigenvalue weighted by Gasteiger charge is 2.47. The van der Waals surface area contributed by atoms with Crippen LogP contribution in [0.25, 0.3) is 11.0 Å². The molecule has 1 spiro atoms. The van der Waals surface area contributed by atoms with E-state index in [0.29, 0.717) is 22.4 Å². The van der Waals surface area contributed by atoms with Gasteiger partial charge in [0.1, 0.15) is 0 Å². The van der Waals surface area contributed by atoms with Gasteiger partial charge in [-0.3, -0.25) is 9.36 Å². The first-order valence-electron chi connectivity index (χ1n) is 7.16. The van der Waals surface area contributed by atoms with Crippen molar-refractivity contribution in [3.63, 3.8) is 0 Å². The molecule has 4 rings (SSSR count). The Bertz CT molecular complexity index is 735. The third-order valence-corrected chi connectivity index (χ3v) is 5.28. The van der Waals surface area contributed by atoms with Crippen molar-refractivity contribution in [2.45, 2.75) is 38.6 Å². The van der Waals surface area contributed by atoms with Gasteiger partial charge >= 0.3 is 0 Å². The van der Waals surface area contributed by atoms with Crippen molar-refractivity contribution in [3.05, 3.63) is 33.4 Å². The van der Waals surface area contributed by atoms with Gasteiger partial charge in [-0.05, 0) is 65.4 Å². The average molecular weight is 334 g/mol. The number of rotatable bonds is 2. The van der Waals surface area contributed by atoms with E-state index >= 15 is 0 Å². The summed E-state index contributed by atoms with van der Waals surface area (Å²) in [4.78, 5) is 21.0. The van der Waals surface area contributed by atoms with E-state index in [4.69, 9.17) is 0 Å². The molecule has 0 N–H and O–H groups in total. The highest BCUT2D eigenvalue weighted by molar-refractivity contribution is 9.10. The Kier molecular flexibility index (Phi) is 2.74. The minimum atomic E-state index is -0.0146. The maximum Gasteiger partial charge on any atom is 0.279 e. The Morgan fingerprint density at radius 1 is 1.35 bits per heavy atom. The van der Waals surface area contributed by atoms with Crippen molar-refractivity contribution in [2.75, 3.05) is 0 Å². The lowest BCUT2D eigenvalue weighted by Gasteiger charge is -2.12. The lowest BCUT2D eigenvalue weighted by Crippen LogP contribution is -2.24. The Morgan fingerprint density at radius 2 is 2.20 bits per heavy atom. The van der Waals surface area contributed by atoms with Crippen LogP contribution in [0.4, 0.5) is 0 Å². The quantitative estimate of drug-likeness (QED) is 0.848. The number of halogens is 1. The van der Waals surface area contributed by atoms with Gasteiger partial charge in [-0.2, -0.15) is 0 Å². The molecule has 2 aromatic heterocycles. The van der Waals surface area contributed by atoms with Gasteiger partial charge in [0.05, 0.1) is 11.8 Å². The summed E-state index contributed by atoms with van der Waals surface area (Å²) >= 11 is 3.35. The van der Waals surface area contributed by atoms with E-state index in [1.165, 1.54) is 32.1 Å². The zero-order valence-corrected chi connectivity index (χ0v) is 12.8. The molecule has 0 radical (unpaired) electrons. The predicted molar refractivity (Wildman–Crippen MR) is 80.5 cm³/mol. The molecule has 2 aromatic rings. The van der Waals surface area contributed by atoms with Crippen LogP contribution in [0.15, 0.2) is 27.9 Å². The van der Waals surface area contributed by atoms with Crippen LogP contribution in [0.1, 0.15) is 32.1 Å². The van der Waals surface area contributed by atoms with Crippen LogP contribution < -0.4 is 5.56 Å². The molecular weight excluding hydrogens is 318 g/mol. The highest BCUT2D eigenvalue weighted by atomic mass is 79.9. The predicted octanol–water partition coefficient (Wildman–Crippen LogP) is 3.13. The van der Waals surface area contributed by atoms with Crippen LogP contribution in [0.5, 0.6) is 0 Å². The normalized spacial score (nSPS) is 23.6. The molecule has 2 aliphatic carbocycles. The molecule has 1 atom stereocenters. The zero-order valence-electron chi connectivity index (χ0n) is 11.2. The van der Waals surface area contributed by atoms with Gasteiger partial charge in [0.2, 0.25) is 0 Å². The van der Waals surface area contributed by atoms with Crippen LogP contribution in [0.2, 0.25) is 0 Å². The molecule has 2 saturated carbocycles. The number of aromatic nitrogens is 3. The first-order valence-corrected chi connectivity index (χ1v) is 7.95. The smallest absolute Gasteiger partial charge is 0.279 e. The van der Waals surface area contributed by atoms with Crippen LogP contribution in [0.3, 0.4) is 0 Å². The average Bonchev–Trinajstić information content (AvgIpc) is 3.06. The second-order valence-corrected chi connectivity index (χ2v) is 7.25. The summed E-state index contributed by atoms with van der Waals surface area (Å²) in [6.45, 7) is 0.793. The summed E-state index contributed by atoms with van der Waals surface area (Å²) in [6.07, 6.45) is 10.00. The molecule has 2 fully saturated rings. The summed E-state index contributed by atoms with van der Waals surface area (Å²) in [7, 11) is 0. The van der Waals surface area contributed by atoms with Crippen LogP contribution in [0, 0.1) is 11.3 Å². The summed E-state index contributed by atoms with van der Waals surface area (Å²) < 4.78 is 2.59. The second-order valence-electron chi connectivity index (χ2n) is 6.33. The molecule has 1 unspecified atom stereocenters. The maximum atomic E-state index is 12.4. The van der Waals surface area contributed by atoms with Gasteiger partial charge in [-0.25, -0.2) is 9.97 Å². The van der Waals surface area contributed by atoms with Crippen LogP contribution in [-0.4, -0.2) is 14.5 Å². The second kappa shape index (κ2) is 4.38. The highest BCUT2D eigenvalue weighted by Crippen LogP contribution is 2.59. The molecule has 2 aliphatic rings. The Balaban J connectivity index is 1.65. The van der Waals surface area contributed by atoms with Crippen molar-refractivity contribution in [1.82, 2.24) is 14.5 Å². The summed E-state index contributed by atoms with van der Waals surface area (Å²) in [5.74, 6) is 0.630. The minimum Gasteiger partial charge on any atom is -0.297 e. The first kappa shape index (κ1) is 12.5. The Hall–Kier alpha value is -1.23. The lowest BCUT2D eigenvalue weighted by atomic mass is 10.0. The molecular formula is C15H16BrN3O. The van der Waals surface area contributed by atoms with E-state index in [0.717, 1.165) is 11.0 Å². The molecule has 2 heterocycles. The third-order valence-electron chi connectivity index (χ3n) is 4.85. The van der Waals surface area contributed by atoms with Crippen molar-refractivity contribution in [2.24, 2.45) is 11.3 Å². The molecule has 4 nitrogen and oxygen atoms in total. The minimum absolute atomic E-state index is 0.0146. The van der Waals surface area contributed by atoms with Gasteiger partial charge in [0.25, 0.3) is 5.56 Å². The first-order chi connectivity index (χ1) is 9.65. The molecule has 0 bridgehead atoms. The third kappa shape index (κ3) is 2.08. The van der Waals surface area contributed by atoms with E-state index in [1.54, 1.807) is 17.1 Å². The molecule has 0 aliphatic heterocycles. The van der Waals surface area contributed by atoms with Gasteiger partial charge in [-0.1, -0.05) is 0 Å². The summed E-state index contributed by atoms with van der Waals surface area (Å²) in [5.41, 5.74) is 1.77. The SMILES string of the molecule is O=c1c2ncc(Br)cc2ncn1CC1CCC2(CC2)C1. The van der Waals surface area contributed by atoms with E-state index in [2.05, 4.69) is 25.9 Å². The fraction of sp³-hybridized carbons (Fsp3) is 0.533. The van der Waals surface area contributed by atoms with E-state index in [-0.39, 0.29) is 5.56 Å². The molecule has 20 heavy (non-hydrogen) atoms. The van der Waals surface area contributed by atoms with Crippen molar-refractivity contribution in [3.8, 4) is 0 Å². The van der Waals surface area contributed by atoms with Crippen LogP contribution in [-0.2, 0) is 6.54 Å². The number of nitrogens with zero attached hydrogens (tertiary/aromatic N) is 3. The van der Waals surface area contributed by atoms with Crippen molar-refractivity contribution >= 4 is 27.0 Å². The largest absolute Gasteiger partial charge is 0.297 e. The molecule has 5 heteroatoms. The van der Waals surface area contributed by atoms with Gasteiger partial charge < -0.3 is 0 Å². The van der Waals surface area contributed by atoms with Gasteiger partial charge in [0.15, 0.2) is 5.52 Å². The number of pyridine rings is 1. The summed E-state index contributed by atoms with van der Waals surface area (Å²) in [6, 6.07) is 1.84. The maximum absolute atomic E-state index is 12.4. The fourth-order valence-electron chi connectivity index (χ4n) is 3.53.